The van der Waals surface area contributed by atoms with Gasteiger partial charge < -0.3 is 14.8 Å². The summed E-state index contributed by atoms with van der Waals surface area (Å²) in [5.74, 6) is 1.34. The molecule has 0 atom stereocenters. The topological polar surface area (TPSA) is 48.3 Å². The van der Waals surface area contributed by atoms with Crippen LogP contribution in [-0.2, 0) is 13.1 Å². The van der Waals surface area contributed by atoms with Gasteiger partial charge in [-0.25, -0.2) is 9.07 Å². The van der Waals surface area contributed by atoms with Gasteiger partial charge in [0.15, 0.2) is 11.5 Å². The summed E-state index contributed by atoms with van der Waals surface area (Å²) < 4.78 is 25.7. The molecule has 1 aromatic heterocycles. The van der Waals surface area contributed by atoms with E-state index < -0.39 is 0 Å². The number of fused-ring (bicyclic) bond motifs is 1. The molecule has 0 aliphatic carbocycles. The maximum absolute atomic E-state index is 13.1. The monoisotopic (exact) mass is 389 g/mol. The average molecular weight is 390 g/mol. The van der Waals surface area contributed by atoms with Crippen molar-refractivity contribution in [1.29, 1.82) is 0 Å². The molecule has 0 unspecified atom stereocenters. The molecule has 0 amide bonds. The Hall–Kier alpha value is -2.57. The lowest BCUT2D eigenvalue weighted by atomic mass is 10.1. The third-order valence-corrected chi connectivity index (χ3v) is 4.58. The Balaban J connectivity index is 0.00000210. The standard InChI is InChI=1S/C20H20FN3O2.ClH/c1-13-18(14(2)24(23-13)17-6-4-16(21)5-7-17)11-22-10-15-3-8-19-20(9-15)26-12-25-19;/h3-9,22H,10-12H2,1-2H3;1H. The quantitative estimate of drug-likeness (QED) is 0.714. The van der Waals surface area contributed by atoms with Crippen molar-refractivity contribution in [2.75, 3.05) is 6.79 Å². The highest BCUT2D eigenvalue weighted by Crippen LogP contribution is 2.32. The Morgan fingerprint density at radius 2 is 1.78 bits per heavy atom. The lowest BCUT2D eigenvalue weighted by molar-refractivity contribution is 0.174. The first-order valence-corrected chi connectivity index (χ1v) is 8.52. The summed E-state index contributed by atoms with van der Waals surface area (Å²) in [5, 5.41) is 8.06. The lowest BCUT2D eigenvalue weighted by Crippen LogP contribution is -2.14. The maximum atomic E-state index is 13.1. The predicted octanol–water partition coefficient (Wildman–Crippen LogP) is 4.07. The molecule has 2 aromatic carbocycles. The van der Waals surface area contributed by atoms with E-state index in [1.165, 1.54) is 12.1 Å². The number of hydrogen-bond acceptors (Lipinski definition) is 4. The zero-order valence-corrected chi connectivity index (χ0v) is 16.0. The molecule has 1 N–H and O–H groups in total. The highest BCUT2D eigenvalue weighted by Gasteiger charge is 2.14. The predicted molar refractivity (Wildman–Crippen MR) is 103 cm³/mol. The minimum absolute atomic E-state index is 0. The van der Waals surface area contributed by atoms with Gasteiger partial charge in [0.1, 0.15) is 5.82 Å². The smallest absolute Gasteiger partial charge is 0.231 e. The van der Waals surface area contributed by atoms with Gasteiger partial charge in [0, 0.05) is 24.3 Å². The van der Waals surface area contributed by atoms with Gasteiger partial charge in [-0.15, -0.1) is 12.4 Å². The molecule has 4 rings (SSSR count). The number of nitrogens with zero attached hydrogens (tertiary/aromatic N) is 2. The Bertz CT molecular complexity index is 941. The summed E-state index contributed by atoms with van der Waals surface area (Å²) in [6.07, 6.45) is 0. The van der Waals surface area contributed by atoms with Crippen LogP contribution in [0.25, 0.3) is 5.69 Å². The van der Waals surface area contributed by atoms with E-state index in [2.05, 4.69) is 10.4 Å². The summed E-state index contributed by atoms with van der Waals surface area (Å²) in [6.45, 7) is 5.73. The van der Waals surface area contributed by atoms with Crippen LogP contribution in [0.4, 0.5) is 4.39 Å². The summed E-state index contributed by atoms with van der Waals surface area (Å²) in [5.41, 5.74) is 5.15. The van der Waals surface area contributed by atoms with Gasteiger partial charge in [-0.05, 0) is 55.8 Å². The number of rotatable bonds is 5. The maximum Gasteiger partial charge on any atom is 0.231 e. The zero-order chi connectivity index (χ0) is 18.1. The molecule has 0 spiro atoms. The molecule has 0 saturated heterocycles. The van der Waals surface area contributed by atoms with Crippen LogP contribution in [0.5, 0.6) is 11.5 Å². The van der Waals surface area contributed by atoms with E-state index in [4.69, 9.17) is 9.47 Å². The Morgan fingerprint density at radius 1 is 1.04 bits per heavy atom. The molecular formula is C20H21ClFN3O2. The minimum Gasteiger partial charge on any atom is -0.454 e. The Morgan fingerprint density at radius 3 is 2.56 bits per heavy atom. The second kappa shape index (κ2) is 7.98. The van der Waals surface area contributed by atoms with Gasteiger partial charge in [0.25, 0.3) is 0 Å². The molecular weight excluding hydrogens is 369 g/mol. The first kappa shape index (κ1) is 19.2. The van der Waals surface area contributed by atoms with Crippen LogP contribution in [0.15, 0.2) is 42.5 Å². The lowest BCUT2D eigenvalue weighted by Gasteiger charge is -2.08. The van der Waals surface area contributed by atoms with Crippen LogP contribution < -0.4 is 14.8 Å². The van der Waals surface area contributed by atoms with Crippen molar-refractivity contribution in [3.63, 3.8) is 0 Å². The Kier molecular flexibility index (Phi) is 5.68. The van der Waals surface area contributed by atoms with Gasteiger partial charge in [0.05, 0.1) is 11.4 Å². The van der Waals surface area contributed by atoms with Crippen molar-refractivity contribution in [2.45, 2.75) is 26.9 Å². The number of benzene rings is 2. The van der Waals surface area contributed by atoms with E-state index in [-0.39, 0.29) is 25.0 Å². The molecule has 0 fully saturated rings. The average Bonchev–Trinajstić information content (AvgIpc) is 3.21. The number of hydrogen-bond donors (Lipinski definition) is 1. The van der Waals surface area contributed by atoms with E-state index >= 15 is 0 Å². The van der Waals surface area contributed by atoms with Crippen molar-refractivity contribution in [3.05, 3.63) is 70.8 Å². The van der Waals surface area contributed by atoms with E-state index in [0.717, 1.165) is 46.2 Å². The number of nitrogens with one attached hydrogen (secondary N) is 1. The fraction of sp³-hybridized carbons (Fsp3) is 0.250. The van der Waals surface area contributed by atoms with Gasteiger partial charge >= 0.3 is 0 Å². The van der Waals surface area contributed by atoms with Crippen LogP contribution in [0.1, 0.15) is 22.5 Å². The first-order valence-electron chi connectivity index (χ1n) is 8.52. The summed E-state index contributed by atoms with van der Waals surface area (Å²) in [7, 11) is 0. The van der Waals surface area contributed by atoms with Crippen LogP contribution in [0.3, 0.4) is 0 Å². The van der Waals surface area contributed by atoms with Crippen molar-refractivity contribution in [1.82, 2.24) is 15.1 Å². The second-order valence-electron chi connectivity index (χ2n) is 6.33. The summed E-state index contributed by atoms with van der Waals surface area (Å²) in [4.78, 5) is 0. The highest BCUT2D eigenvalue weighted by molar-refractivity contribution is 5.85. The molecule has 7 heteroatoms. The van der Waals surface area contributed by atoms with E-state index in [9.17, 15) is 4.39 Å². The van der Waals surface area contributed by atoms with E-state index in [0.29, 0.717) is 6.54 Å². The number of halogens is 2. The van der Waals surface area contributed by atoms with Crippen molar-refractivity contribution >= 4 is 12.4 Å². The summed E-state index contributed by atoms with van der Waals surface area (Å²) >= 11 is 0. The third-order valence-electron chi connectivity index (χ3n) is 4.58. The van der Waals surface area contributed by atoms with E-state index in [1.807, 2.05) is 36.7 Å². The Labute approximate surface area is 163 Å². The third kappa shape index (κ3) is 3.91. The van der Waals surface area contributed by atoms with E-state index in [1.54, 1.807) is 12.1 Å². The fourth-order valence-corrected chi connectivity index (χ4v) is 3.15. The van der Waals surface area contributed by atoms with Crippen LogP contribution >= 0.6 is 12.4 Å². The molecule has 0 bridgehead atoms. The molecule has 0 radical (unpaired) electrons. The normalized spacial score (nSPS) is 12.1. The second-order valence-corrected chi connectivity index (χ2v) is 6.33. The molecule has 142 valence electrons. The van der Waals surface area contributed by atoms with Gasteiger partial charge in [0.2, 0.25) is 6.79 Å². The number of aryl methyl sites for hydroxylation is 1. The SMILES string of the molecule is Cc1nn(-c2ccc(F)cc2)c(C)c1CNCc1ccc2c(c1)OCO2.Cl. The number of aromatic nitrogens is 2. The van der Waals surface area contributed by atoms with Gasteiger partial charge in [-0.1, -0.05) is 6.07 Å². The van der Waals surface area contributed by atoms with Crippen molar-refractivity contribution in [2.24, 2.45) is 0 Å². The molecule has 5 nitrogen and oxygen atoms in total. The molecule has 0 saturated carbocycles. The zero-order valence-electron chi connectivity index (χ0n) is 15.2. The number of ether oxygens (including phenoxy) is 2. The molecule has 1 aliphatic rings. The largest absolute Gasteiger partial charge is 0.454 e. The van der Waals surface area contributed by atoms with Crippen molar-refractivity contribution in [3.8, 4) is 17.2 Å². The van der Waals surface area contributed by atoms with Gasteiger partial charge in [-0.2, -0.15) is 5.10 Å². The van der Waals surface area contributed by atoms with Gasteiger partial charge in [-0.3, -0.25) is 0 Å². The minimum atomic E-state index is -0.249. The molecule has 27 heavy (non-hydrogen) atoms. The molecule has 3 aromatic rings. The van der Waals surface area contributed by atoms with Crippen LogP contribution in [0, 0.1) is 19.7 Å². The molecule has 2 heterocycles. The van der Waals surface area contributed by atoms with Crippen molar-refractivity contribution < 1.29 is 13.9 Å². The molecule has 1 aliphatic heterocycles. The summed E-state index contributed by atoms with van der Waals surface area (Å²) in [6, 6.07) is 12.3. The highest BCUT2D eigenvalue weighted by atomic mass is 35.5. The van der Waals surface area contributed by atoms with Crippen LogP contribution in [-0.4, -0.2) is 16.6 Å². The fourth-order valence-electron chi connectivity index (χ4n) is 3.15. The van der Waals surface area contributed by atoms with Crippen LogP contribution in [0.2, 0.25) is 0 Å². The first-order chi connectivity index (χ1) is 12.6.